The summed E-state index contributed by atoms with van der Waals surface area (Å²) in [7, 11) is 0. The van der Waals surface area contributed by atoms with Crippen LogP contribution in [-0.4, -0.2) is 49.8 Å². The Hall–Kier alpha value is -2.16. The highest BCUT2D eigenvalue weighted by Gasteiger charge is 2.40. The van der Waals surface area contributed by atoms with Gasteiger partial charge in [-0.25, -0.2) is 4.79 Å². The molecule has 0 saturated heterocycles. The van der Waals surface area contributed by atoms with Gasteiger partial charge in [-0.1, -0.05) is 13.3 Å². The van der Waals surface area contributed by atoms with Crippen LogP contribution < -0.4 is 5.73 Å². The largest absolute Gasteiger partial charge is 0.481 e. The van der Waals surface area contributed by atoms with Crippen LogP contribution in [0.2, 0.25) is 0 Å². The van der Waals surface area contributed by atoms with Gasteiger partial charge in [0.25, 0.3) is 0 Å². The van der Waals surface area contributed by atoms with Gasteiger partial charge in [0.15, 0.2) is 5.60 Å². The van der Waals surface area contributed by atoms with Crippen molar-refractivity contribution in [3.05, 3.63) is 0 Å². The number of amidine groups is 1. The lowest BCUT2D eigenvalue weighted by molar-refractivity contribution is -0.170. The molecule has 0 aromatic rings. The average Bonchev–Trinajstić information content (AvgIpc) is 2.24. The molecular weight excluding hydrogens is 272 g/mol. The van der Waals surface area contributed by atoms with E-state index in [1.165, 1.54) is 0 Å². The number of hydrogen-bond acceptors (Lipinski definition) is 5. The lowest BCUT2D eigenvalue weighted by atomic mass is 9.96. The van der Waals surface area contributed by atoms with Gasteiger partial charge in [-0.15, -0.1) is 0 Å². The number of rotatable bonds is 8. The predicted molar refractivity (Wildman–Crippen MR) is 68.5 cm³/mol. The molecule has 0 aromatic heterocycles. The zero-order valence-corrected chi connectivity index (χ0v) is 11.1. The van der Waals surface area contributed by atoms with Gasteiger partial charge in [0, 0.05) is 6.42 Å². The highest BCUT2D eigenvalue weighted by molar-refractivity contribution is 5.88. The normalized spacial score (nSPS) is 10.1. The van der Waals surface area contributed by atoms with E-state index in [1.807, 2.05) is 0 Å². The fraction of sp³-hybridized carbons (Fsp3) is 0.636. The minimum Gasteiger partial charge on any atom is -0.481 e. The maximum Gasteiger partial charge on any atom is 0.336 e. The Balaban J connectivity index is 0. The summed E-state index contributed by atoms with van der Waals surface area (Å²) in [6, 6.07) is 0. The van der Waals surface area contributed by atoms with Gasteiger partial charge in [0.05, 0.1) is 18.7 Å². The summed E-state index contributed by atoms with van der Waals surface area (Å²) in [5.41, 5.74) is 2.32. The van der Waals surface area contributed by atoms with Gasteiger partial charge in [0.1, 0.15) is 0 Å². The Labute approximate surface area is 115 Å². The number of nitrogens with two attached hydrogens (primary N) is 1. The average molecular weight is 292 g/mol. The second-order valence-electron chi connectivity index (χ2n) is 4.11. The minimum atomic E-state index is -2.74. The van der Waals surface area contributed by atoms with E-state index < -0.39 is 36.4 Å². The van der Waals surface area contributed by atoms with Crippen LogP contribution in [0.25, 0.3) is 0 Å². The number of carboxylic acids is 3. The third-order valence-corrected chi connectivity index (χ3v) is 2.09. The van der Waals surface area contributed by atoms with Crippen molar-refractivity contribution in [2.75, 3.05) is 0 Å². The maximum absolute atomic E-state index is 10.3. The smallest absolute Gasteiger partial charge is 0.336 e. The number of carbonyl (C=O) groups is 3. The standard InChI is InChI=1S/C6H8O7.C5H12N2/c7-3(8)1-6(13,5(11)12)2-4(9)10;1-2-3-4-5(6)7/h13H,1-2H2,(H,7,8)(H,9,10)(H,11,12);2-4H2,1H3,(H3,6,7). The molecular formula is C11H20N2O7. The van der Waals surface area contributed by atoms with Crippen LogP contribution in [0.4, 0.5) is 0 Å². The van der Waals surface area contributed by atoms with Crippen molar-refractivity contribution >= 4 is 23.7 Å². The molecule has 0 aliphatic carbocycles. The molecule has 0 heterocycles. The molecule has 0 saturated carbocycles. The molecule has 0 bridgehead atoms. The topological polar surface area (TPSA) is 182 Å². The fourth-order valence-electron chi connectivity index (χ4n) is 1.08. The van der Waals surface area contributed by atoms with Crippen LogP contribution in [0.15, 0.2) is 0 Å². The Morgan fingerprint density at radius 1 is 1.10 bits per heavy atom. The molecule has 0 aliphatic heterocycles. The molecule has 0 amide bonds. The minimum absolute atomic E-state index is 0.307. The van der Waals surface area contributed by atoms with Crippen LogP contribution >= 0.6 is 0 Å². The lowest BCUT2D eigenvalue weighted by Gasteiger charge is -2.18. The highest BCUT2D eigenvalue weighted by atomic mass is 16.4. The van der Waals surface area contributed by atoms with Gasteiger partial charge in [-0.05, 0) is 6.42 Å². The number of nitrogens with one attached hydrogen (secondary N) is 1. The van der Waals surface area contributed by atoms with Crippen molar-refractivity contribution in [1.29, 1.82) is 5.41 Å². The summed E-state index contributed by atoms with van der Waals surface area (Å²) >= 11 is 0. The van der Waals surface area contributed by atoms with Crippen molar-refractivity contribution in [3.8, 4) is 0 Å². The summed E-state index contributed by atoms with van der Waals surface area (Å²) < 4.78 is 0. The molecule has 0 atom stereocenters. The third kappa shape index (κ3) is 11.0. The van der Waals surface area contributed by atoms with Crippen molar-refractivity contribution in [2.45, 2.75) is 44.6 Å². The van der Waals surface area contributed by atoms with Crippen LogP contribution in [0, 0.1) is 5.41 Å². The van der Waals surface area contributed by atoms with E-state index in [4.69, 9.17) is 31.6 Å². The van der Waals surface area contributed by atoms with Gasteiger partial charge in [-0.3, -0.25) is 15.0 Å². The summed E-state index contributed by atoms with van der Waals surface area (Å²) in [6.45, 7) is 2.09. The zero-order valence-electron chi connectivity index (χ0n) is 11.1. The van der Waals surface area contributed by atoms with Gasteiger partial charge >= 0.3 is 17.9 Å². The van der Waals surface area contributed by atoms with E-state index in [1.54, 1.807) is 0 Å². The summed E-state index contributed by atoms with van der Waals surface area (Å²) in [5, 5.41) is 40.6. The predicted octanol–water partition coefficient (Wildman–Crippen LogP) is -0.136. The second kappa shape index (κ2) is 9.73. The molecule has 20 heavy (non-hydrogen) atoms. The molecule has 9 heteroatoms. The molecule has 7 N–H and O–H groups in total. The molecule has 0 unspecified atom stereocenters. The first kappa shape index (κ1) is 20.2. The Bertz CT molecular complexity index is 352. The monoisotopic (exact) mass is 292 g/mol. The number of unbranched alkanes of at least 4 members (excludes halogenated alkanes) is 1. The van der Waals surface area contributed by atoms with E-state index in [-0.39, 0.29) is 0 Å². The van der Waals surface area contributed by atoms with Crippen molar-refractivity contribution in [1.82, 2.24) is 0 Å². The number of aliphatic carboxylic acids is 3. The summed E-state index contributed by atoms with van der Waals surface area (Å²) in [6.07, 6.45) is 0.647. The van der Waals surface area contributed by atoms with E-state index in [0.717, 1.165) is 19.3 Å². The van der Waals surface area contributed by atoms with E-state index in [2.05, 4.69) is 6.92 Å². The molecule has 0 radical (unpaired) electrons. The summed E-state index contributed by atoms with van der Waals surface area (Å²) in [5.74, 6) is -4.71. The highest BCUT2D eigenvalue weighted by Crippen LogP contribution is 2.15. The van der Waals surface area contributed by atoms with Crippen LogP contribution in [0.1, 0.15) is 39.0 Å². The molecule has 0 rings (SSSR count). The van der Waals surface area contributed by atoms with Crippen LogP contribution in [-0.2, 0) is 14.4 Å². The maximum atomic E-state index is 10.3. The number of hydrogen-bond donors (Lipinski definition) is 6. The molecule has 0 aromatic carbocycles. The molecule has 0 spiro atoms. The number of aliphatic hydroxyl groups is 1. The van der Waals surface area contributed by atoms with E-state index in [9.17, 15) is 14.4 Å². The molecule has 116 valence electrons. The number of carboxylic acid groups (broad SMARTS) is 3. The van der Waals surface area contributed by atoms with E-state index in [0.29, 0.717) is 5.84 Å². The molecule has 0 aliphatic rings. The summed E-state index contributed by atoms with van der Waals surface area (Å²) in [4.78, 5) is 30.5. The first-order valence-electron chi connectivity index (χ1n) is 5.77. The Kier molecular flexibility index (Phi) is 9.81. The van der Waals surface area contributed by atoms with Gasteiger partial charge < -0.3 is 26.2 Å². The van der Waals surface area contributed by atoms with Gasteiger partial charge in [-0.2, -0.15) is 0 Å². The Morgan fingerprint density at radius 2 is 1.50 bits per heavy atom. The van der Waals surface area contributed by atoms with Crippen LogP contribution in [0.3, 0.4) is 0 Å². The van der Waals surface area contributed by atoms with Crippen LogP contribution in [0.5, 0.6) is 0 Å². The Morgan fingerprint density at radius 3 is 1.65 bits per heavy atom. The molecule has 0 fully saturated rings. The van der Waals surface area contributed by atoms with Gasteiger partial charge in [0.2, 0.25) is 0 Å². The first-order valence-corrected chi connectivity index (χ1v) is 5.77. The first-order chi connectivity index (χ1) is 9.05. The lowest BCUT2D eigenvalue weighted by Crippen LogP contribution is -2.42. The quantitative estimate of drug-likeness (QED) is 0.264. The zero-order chi connectivity index (χ0) is 16.3. The van der Waals surface area contributed by atoms with Crippen molar-refractivity contribution < 1.29 is 34.8 Å². The van der Waals surface area contributed by atoms with Crippen molar-refractivity contribution in [3.63, 3.8) is 0 Å². The van der Waals surface area contributed by atoms with E-state index >= 15 is 0 Å². The second-order valence-corrected chi connectivity index (χ2v) is 4.11. The SMILES string of the molecule is CCCCC(=N)N.O=C(O)CC(O)(CC(=O)O)C(=O)O. The fourth-order valence-corrected chi connectivity index (χ4v) is 1.08. The van der Waals surface area contributed by atoms with Crippen molar-refractivity contribution in [2.24, 2.45) is 5.73 Å². The molecule has 9 nitrogen and oxygen atoms in total. The third-order valence-electron chi connectivity index (χ3n) is 2.09.